The van der Waals surface area contributed by atoms with Crippen molar-refractivity contribution < 1.29 is 4.79 Å². The lowest BCUT2D eigenvalue weighted by Gasteiger charge is -2.00. The first kappa shape index (κ1) is 9.98. The van der Waals surface area contributed by atoms with Gasteiger partial charge in [0, 0.05) is 25.0 Å². The summed E-state index contributed by atoms with van der Waals surface area (Å²) in [6.45, 7) is 0. The topological polar surface area (TPSA) is 34.9 Å². The summed E-state index contributed by atoms with van der Waals surface area (Å²) in [5.41, 5.74) is 0.700. The fourth-order valence-electron chi connectivity index (χ4n) is 1.17. The van der Waals surface area contributed by atoms with Gasteiger partial charge in [-0.3, -0.25) is 4.79 Å². The third-order valence-electron chi connectivity index (χ3n) is 1.97. The quantitative estimate of drug-likeness (QED) is 0.726. The van der Waals surface area contributed by atoms with E-state index in [1.165, 1.54) is 0 Å². The zero-order chi connectivity index (χ0) is 10.7. The fourth-order valence-corrected chi connectivity index (χ4v) is 1.90. The Hall–Kier alpha value is -1.55. The molecule has 2 aromatic rings. The third-order valence-corrected chi connectivity index (χ3v) is 2.97. The molecule has 1 heterocycles. The van der Waals surface area contributed by atoms with Gasteiger partial charge in [0.05, 0.1) is 0 Å². The summed E-state index contributed by atoms with van der Waals surface area (Å²) < 4.78 is 1.82. The molecule has 0 unspecified atom stereocenters. The molecular weight excluding hydrogens is 208 g/mol. The molecule has 0 aliphatic rings. The smallest absolute Gasteiger partial charge is 0.227 e. The highest BCUT2D eigenvalue weighted by Gasteiger charge is 2.10. The first-order valence-electron chi connectivity index (χ1n) is 4.52. The zero-order valence-corrected chi connectivity index (χ0v) is 9.07. The molecule has 3 nitrogen and oxygen atoms in total. The molecule has 1 aromatic carbocycles. The summed E-state index contributed by atoms with van der Waals surface area (Å²) in [5, 5.41) is 0.730. The van der Waals surface area contributed by atoms with Gasteiger partial charge in [-0.25, -0.2) is 4.98 Å². The number of carbonyl (C=O) groups is 1. The van der Waals surface area contributed by atoms with Crippen LogP contribution in [0.25, 0.3) is 0 Å². The van der Waals surface area contributed by atoms with Crippen LogP contribution in [-0.4, -0.2) is 14.7 Å². The van der Waals surface area contributed by atoms with E-state index in [2.05, 4.69) is 4.98 Å². The zero-order valence-electron chi connectivity index (χ0n) is 8.25. The maximum absolute atomic E-state index is 11.8. The number of thioether (sulfide) groups is 1. The Balaban J connectivity index is 2.15. The van der Waals surface area contributed by atoms with Crippen molar-refractivity contribution in [3.63, 3.8) is 0 Å². The predicted octanol–water partition coefficient (Wildman–Crippen LogP) is 2.35. The van der Waals surface area contributed by atoms with Crippen molar-refractivity contribution in [1.82, 2.24) is 9.55 Å². The van der Waals surface area contributed by atoms with Gasteiger partial charge < -0.3 is 4.57 Å². The Morgan fingerprint density at radius 2 is 2.07 bits per heavy atom. The molecular formula is C11H10N2OS. The Morgan fingerprint density at radius 1 is 1.33 bits per heavy atom. The molecule has 2 rings (SSSR count). The van der Waals surface area contributed by atoms with Crippen molar-refractivity contribution in [3.05, 3.63) is 48.3 Å². The van der Waals surface area contributed by atoms with E-state index in [-0.39, 0.29) is 5.12 Å². The molecule has 0 bridgehead atoms. The lowest BCUT2D eigenvalue weighted by molar-refractivity contribution is 0.108. The van der Waals surface area contributed by atoms with E-state index >= 15 is 0 Å². The summed E-state index contributed by atoms with van der Waals surface area (Å²) in [6.07, 6.45) is 3.50. The number of aromatic nitrogens is 2. The molecule has 15 heavy (non-hydrogen) atoms. The SMILES string of the molecule is Cn1ccnc1SC(=O)c1ccccc1. The van der Waals surface area contributed by atoms with E-state index in [0.29, 0.717) is 10.7 Å². The molecule has 0 atom stereocenters. The Labute approximate surface area is 92.1 Å². The lowest BCUT2D eigenvalue weighted by atomic mass is 10.2. The Morgan fingerprint density at radius 3 is 2.67 bits per heavy atom. The predicted molar refractivity (Wildman–Crippen MR) is 59.8 cm³/mol. The van der Waals surface area contributed by atoms with Crippen LogP contribution < -0.4 is 0 Å². The van der Waals surface area contributed by atoms with Crippen LogP contribution in [0.3, 0.4) is 0 Å². The minimum absolute atomic E-state index is 0.0184. The van der Waals surface area contributed by atoms with Crippen LogP contribution in [0.2, 0.25) is 0 Å². The Bertz CT molecular complexity index is 464. The molecule has 76 valence electrons. The van der Waals surface area contributed by atoms with Gasteiger partial charge in [-0.15, -0.1) is 0 Å². The number of nitrogens with zero attached hydrogens (tertiary/aromatic N) is 2. The average molecular weight is 218 g/mol. The van der Waals surface area contributed by atoms with Crippen molar-refractivity contribution in [1.29, 1.82) is 0 Å². The minimum atomic E-state index is 0.0184. The summed E-state index contributed by atoms with van der Waals surface area (Å²) in [5.74, 6) is 0. The van der Waals surface area contributed by atoms with E-state index in [0.717, 1.165) is 11.8 Å². The highest BCUT2D eigenvalue weighted by Crippen LogP contribution is 2.20. The van der Waals surface area contributed by atoms with Gasteiger partial charge >= 0.3 is 0 Å². The molecule has 0 saturated carbocycles. The second-order valence-electron chi connectivity index (χ2n) is 3.08. The van der Waals surface area contributed by atoms with Crippen molar-refractivity contribution in [3.8, 4) is 0 Å². The van der Waals surface area contributed by atoms with Gasteiger partial charge in [-0.05, 0) is 11.8 Å². The lowest BCUT2D eigenvalue weighted by Crippen LogP contribution is -1.96. The monoisotopic (exact) mass is 218 g/mol. The van der Waals surface area contributed by atoms with Crippen molar-refractivity contribution in [2.75, 3.05) is 0 Å². The van der Waals surface area contributed by atoms with Gasteiger partial charge in [-0.2, -0.15) is 0 Å². The van der Waals surface area contributed by atoms with Crippen LogP contribution in [0.5, 0.6) is 0 Å². The fraction of sp³-hybridized carbons (Fsp3) is 0.0909. The molecule has 0 aliphatic carbocycles. The van der Waals surface area contributed by atoms with Crippen molar-refractivity contribution in [2.24, 2.45) is 7.05 Å². The highest BCUT2D eigenvalue weighted by atomic mass is 32.2. The summed E-state index contributed by atoms with van der Waals surface area (Å²) in [6, 6.07) is 9.21. The van der Waals surface area contributed by atoms with Crippen LogP contribution in [0.4, 0.5) is 0 Å². The normalized spacial score (nSPS) is 10.2. The van der Waals surface area contributed by atoms with E-state index in [9.17, 15) is 4.79 Å². The summed E-state index contributed by atoms with van der Waals surface area (Å²) in [4.78, 5) is 15.9. The first-order chi connectivity index (χ1) is 7.27. The number of carbonyl (C=O) groups excluding carboxylic acids is 1. The number of rotatable bonds is 2. The number of aryl methyl sites for hydroxylation is 1. The maximum Gasteiger partial charge on any atom is 0.227 e. The second-order valence-corrected chi connectivity index (χ2v) is 4.02. The van der Waals surface area contributed by atoms with E-state index < -0.39 is 0 Å². The van der Waals surface area contributed by atoms with Crippen LogP contribution in [-0.2, 0) is 7.05 Å². The van der Waals surface area contributed by atoms with Crippen molar-refractivity contribution >= 4 is 16.9 Å². The Kier molecular flexibility index (Phi) is 2.87. The van der Waals surface area contributed by atoms with Gasteiger partial charge in [0.15, 0.2) is 5.16 Å². The maximum atomic E-state index is 11.8. The van der Waals surface area contributed by atoms with Gasteiger partial charge in [0.25, 0.3) is 0 Å². The molecule has 0 spiro atoms. The number of hydrogen-bond acceptors (Lipinski definition) is 3. The molecule has 0 N–H and O–H groups in total. The third kappa shape index (κ3) is 2.27. The van der Waals surface area contributed by atoms with E-state index in [1.54, 1.807) is 18.3 Å². The first-order valence-corrected chi connectivity index (χ1v) is 5.33. The van der Waals surface area contributed by atoms with Gasteiger partial charge in [0.2, 0.25) is 5.12 Å². The largest absolute Gasteiger partial charge is 0.329 e. The molecule has 0 radical (unpaired) electrons. The van der Waals surface area contributed by atoms with Crippen LogP contribution in [0.1, 0.15) is 10.4 Å². The van der Waals surface area contributed by atoms with E-state index in [1.807, 2.05) is 36.0 Å². The van der Waals surface area contributed by atoms with Crippen molar-refractivity contribution in [2.45, 2.75) is 5.16 Å². The van der Waals surface area contributed by atoms with E-state index in [4.69, 9.17) is 0 Å². The van der Waals surface area contributed by atoms with Crippen LogP contribution in [0, 0.1) is 0 Å². The molecule has 0 amide bonds. The molecule has 4 heteroatoms. The van der Waals surface area contributed by atoms with Gasteiger partial charge in [0.1, 0.15) is 0 Å². The molecule has 0 saturated heterocycles. The number of imidazole rings is 1. The van der Waals surface area contributed by atoms with Crippen LogP contribution in [0.15, 0.2) is 47.9 Å². The standard InChI is InChI=1S/C11H10N2OS/c1-13-8-7-12-11(13)15-10(14)9-5-3-2-4-6-9/h2-8H,1H3. The number of hydrogen-bond donors (Lipinski definition) is 0. The average Bonchev–Trinajstić information content (AvgIpc) is 2.66. The molecule has 1 aromatic heterocycles. The van der Waals surface area contributed by atoms with Crippen LogP contribution >= 0.6 is 11.8 Å². The minimum Gasteiger partial charge on any atom is -0.329 e. The molecule has 0 fully saturated rings. The second kappa shape index (κ2) is 4.31. The summed E-state index contributed by atoms with van der Waals surface area (Å²) in [7, 11) is 1.87. The summed E-state index contributed by atoms with van der Waals surface area (Å²) >= 11 is 1.14. The van der Waals surface area contributed by atoms with Gasteiger partial charge in [-0.1, -0.05) is 30.3 Å². The number of benzene rings is 1. The molecule has 0 aliphatic heterocycles. The highest BCUT2D eigenvalue weighted by molar-refractivity contribution is 8.14.